The molecule has 0 aliphatic carbocycles. The van der Waals surface area contributed by atoms with Crippen LogP contribution in [0, 0.1) is 5.92 Å². The number of methoxy groups -OCH3 is 1. The molecule has 112 valence electrons. The van der Waals surface area contributed by atoms with E-state index in [1.165, 1.54) is 0 Å². The van der Waals surface area contributed by atoms with Gasteiger partial charge in [-0.1, -0.05) is 32.0 Å². The topological polar surface area (TPSA) is 77.2 Å². The first kappa shape index (κ1) is 15.3. The molecule has 0 radical (unpaired) electrons. The van der Waals surface area contributed by atoms with Crippen molar-refractivity contribution < 1.29 is 9.53 Å². The Labute approximate surface area is 124 Å². The van der Waals surface area contributed by atoms with Gasteiger partial charge in [0.1, 0.15) is 11.3 Å². The van der Waals surface area contributed by atoms with E-state index in [0.29, 0.717) is 6.54 Å². The van der Waals surface area contributed by atoms with Crippen LogP contribution in [0.25, 0.3) is 10.9 Å². The van der Waals surface area contributed by atoms with Crippen LogP contribution in [0.2, 0.25) is 0 Å². The summed E-state index contributed by atoms with van der Waals surface area (Å²) >= 11 is 0. The number of para-hydroxylation sites is 1. The number of hydrogen-bond donors (Lipinski definition) is 2. The quantitative estimate of drug-likeness (QED) is 0.850. The molecule has 1 atom stereocenters. The molecule has 2 rings (SSSR count). The summed E-state index contributed by atoms with van der Waals surface area (Å²) in [6.07, 6.45) is 0. The first-order valence-corrected chi connectivity index (χ1v) is 6.98. The van der Waals surface area contributed by atoms with Crippen LogP contribution in [0.1, 0.15) is 19.5 Å². The number of pyridine rings is 1. The number of hydrogen-bond acceptors (Lipinski definition) is 4. The summed E-state index contributed by atoms with van der Waals surface area (Å²) in [5.74, 6) is 0.533. The van der Waals surface area contributed by atoms with Crippen molar-refractivity contribution in [3.05, 3.63) is 36.0 Å². The molecule has 0 aliphatic rings. The van der Waals surface area contributed by atoms with Crippen LogP contribution in [0.15, 0.2) is 30.3 Å². The van der Waals surface area contributed by atoms with Crippen molar-refractivity contribution in [3.8, 4) is 5.75 Å². The molecule has 3 N–H and O–H groups in total. The van der Waals surface area contributed by atoms with E-state index >= 15 is 0 Å². The van der Waals surface area contributed by atoms with Gasteiger partial charge in [0.2, 0.25) is 5.91 Å². The summed E-state index contributed by atoms with van der Waals surface area (Å²) in [5.41, 5.74) is 7.06. The molecule has 0 saturated carbocycles. The van der Waals surface area contributed by atoms with Gasteiger partial charge in [-0.3, -0.25) is 10.1 Å². The lowest BCUT2D eigenvalue weighted by atomic mass is 10.0. The first-order chi connectivity index (χ1) is 10.0. The molecular weight excluding hydrogens is 266 g/mol. The number of rotatable bonds is 6. The fourth-order valence-corrected chi connectivity index (χ4v) is 2.30. The second-order valence-electron chi connectivity index (χ2n) is 5.34. The van der Waals surface area contributed by atoms with E-state index in [9.17, 15) is 4.79 Å². The molecule has 0 bridgehead atoms. The SMILES string of the molecule is COc1cccc2ccc(CNC(C(N)=O)C(C)C)nc12. The highest BCUT2D eigenvalue weighted by atomic mass is 16.5. The third kappa shape index (κ3) is 3.49. The molecule has 1 unspecified atom stereocenters. The lowest BCUT2D eigenvalue weighted by Crippen LogP contribution is -2.44. The van der Waals surface area contributed by atoms with E-state index in [1.807, 2.05) is 44.2 Å². The molecule has 5 heteroatoms. The fourth-order valence-electron chi connectivity index (χ4n) is 2.30. The summed E-state index contributed by atoms with van der Waals surface area (Å²) in [6.45, 7) is 4.40. The maximum absolute atomic E-state index is 11.4. The van der Waals surface area contributed by atoms with Gasteiger partial charge in [-0.05, 0) is 18.1 Å². The van der Waals surface area contributed by atoms with Crippen molar-refractivity contribution in [2.24, 2.45) is 11.7 Å². The van der Waals surface area contributed by atoms with E-state index in [4.69, 9.17) is 10.5 Å². The van der Waals surface area contributed by atoms with Crippen LogP contribution >= 0.6 is 0 Å². The smallest absolute Gasteiger partial charge is 0.234 e. The predicted octanol–water partition coefficient (Wildman–Crippen LogP) is 1.84. The van der Waals surface area contributed by atoms with Crippen LogP contribution in [0.4, 0.5) is 0 Å². The van der Waals surface area contributed by atoms with Gasteiger partial charge in [0, 0.05) is 11.9 Å². The van der Waals surface area contributed by atoms with Crippen LogP contribution in [-0.4, -0.2) is 24.0 Å². The highest BCUT2D eigenvalue weighted by molar-refractivity contribution is 5.84. The minimum Gasteiger partial charge on any atom is -0.494 e. The molecule has 1 amide bonds. The number of nitrogens with two attached hydrogens (primary N) is 1. The van der Waals surface area contributed by atoms with Gasteiger partial charge in [-0.2, -0.15) is 0 Å². The summed E-state index contributed by atoms with van der Waals surface area (Å²) in [7, 11) is 1.63. The molecule has 21 heavy (non-hydrogen) atoms. The van der Waals surface area contributed by atoms with Crippen molar-refractivity contribution in [2.45, 2.75) is 26.4 Å². The van der Waals surface area contributed by atoms with Crippen LogP contribution < -0.4 is 15.8 Å². The van der Waals surface area contributed by atoms with E-state index in [-0.39, 0.29) is 17.9 Å². The Morgan fingerprint density at radius 2 is 2.10 bits per heavy atom. The number of carbonyl (C=O) groups excluding carboxylic acids is 1. The molecule has 1 heterocycles. The number of nitrogens with one attached hydrogen (secondary N) is 1. The number of ether oxygens (including phenoxy) is 1. The minimum absolute atomic E-state index is 0.137. The van der Waals surface area contributed by atoms with Gasteiger partial charge >= 0.3 is 0 Å². The van der Waals surface area contributed by atoms with Crippen LogP contribution in [-0.2, 0) is 11.3 Å². The standard InChI is InChI=1S/C16H21N3O2/c1-10(2)14(16(17)20)18-9-12-8-7-11-5-4-6-13(21-3)15(11)19-12/h4-8,10,14,18H,9H2,1-3H3,(H2,17,20). The Morgan fingerprint density at radius 1 is 1.33 bits per heavy atom. The number of primary amides is 1. The Kier molecular flexibility index (Phi) is 4.75. The van der Waals surface area contributed by atoms with Crippen LogP contribution in [0.3, 0.4) is 0 Å². The van der Waals surface area contributed by atoms with Gasteiger partial charge < -0.3 is 10.5 Å². The fraction of sp³-hybridized carbons (Fsp3) is 0.375. The summed E-state index contributed by atoms with van der Waals surface area (Å²) in [4.78, 5) is 16.0. The number of aromatic nitrogens is 1. The number of benzene rings is 1. The zero-order chi connectivity index (χ0) is 15.4. The summed E-state index contributed by atoms with van der Waals surface area (Å²) in [6, 6.07) is 9.38. The van der Waals surface area contributed by atoms with E-state index in [1.54, 1.807) is 7.11 Å². The van der Waals surface area contributed by atoms with E-state index in [2.05, 4.69) is 10.3 Å². The molecular formula is C16H21N3O2. The summed E-state index contributed by atoms with van der Waals surface area (Å²) < 4.78 is 5.33. The first-order valence-electron chi connectivity index (χ1n) is 6.98. The maximum Gasteiger partial charge on any atom is 0.234 e. The number of carbonyl (C=O) groups is 1. The number of fused-ring (bicyclic) bond motifs is 1. The zero-order valence-corrected chi connectivity index (χ0v) is 12.6. The highest BCUT2D eigenvalue weighted by Gasteiger charge is 2.18. The normalized spacial score (nSPS) is 12.6. The van der Waals surface area contributed by atoms with Gasteiger partial charge in [0.05, 0.1) is 18.8 Å². The molecule has 0 fully saturated rings. The Morgan fingerprint density at radius 3 is 2.71 bits per heavy atom. The Bertz CT molecular complexity index is 640. The molecule has 0 aliphatic heterocycles. The van der Waals surface area contributed by atoms with Crippen molar-refractivity contribution in [1.82, 2.24) is 10.3 Å². The molecule has 0 spiro atoms. The van der Waals surface area contributed by atoms with Crippen molar-refractivity contribution in [2.75, 3.05) is 7.11 Å². The second-order valence-corrected chi connectivity index (χ2v) is 5.34. The number of nitrogens with zero attached hydrogens (tertiary/aromatic N) is 1. The van der Waals surface area contributed by atoms with Gasteiger partial charge in [0.15, 0.2) is 0 Å². The van der Waals surface area contributed by atoms with Gasteiger partial charge in [0.25, 0.3) is 0 Å². The number of amides is 1. The minimum atomic E-state index is -0.361. The molecule has 1 aromatic heterocycles. The third-order valence-electron chi connectivity index (χ3n) is 3.44. The highest BCUT2D eigenvalue weighted by Crippen LogP contribution is 2.23. The second kappa shape index (κ2) is 6.54. The van der Waals surface area contributed by atoms with Crippen LogP contribution in [0.5, 0.6) is 5.75 Å². The third-order valence-corrected chi connectivity index (χ3v) is 3.44. The van der Waals surface area contributed by atoms with Crippen molar-refractivity contribution in [3.63, 3.8) is 0 Å². The van der Waals surface area contributed by atoms with Gasteiger partial charge in [-0.15, -0.1) is 0 Å². The average Bonchev–Trinajstić information content (AvgIpc) is 2.46. The average molecular weight is 287 g/mol. The molecule has 1 aromatic carbocycles. The summed E-state index contributed by atoms with van der Waals surface area (Å²) in [5, 5.41) is 4.18. The van der Waals surface area contributed by atoms with E-state index < -0.39 is 0 Å². The Balaban J connectivity index is 2.21. The molecule has 5 nitrogen and oxygen atoms in total. The maximum atomic E-state index is 11.4. The zero-order valence-electron chi connectivity index (χ0n) is 12.6. The lowest BCUT2D eigenvalue weighted by molar-refractivity contribution is -0.121. The van der Waals surface area contributed by atoms with E-state index in [0.717, 1.165) is 22.3 Å². The monoisotopic (exact) mass is 287 g/mol. The predicted molar refractivity (Wildman–Crippen MR) is 83.0 cm³/mol. The largest absolute Gasteiger partial charge is 0.494 e. The lowest BCUT2D eigenvalue weighted by Gasteiger charge is -2.18. The molecule has 2 aromatic rings. The Hall–Kier alpha value is -2.14. The molecule has 0 saturated heterocycles. The van der Waals surface area contributed by atoms with Crippen molar-refractivity contribution >= 4 is 16.8 Å². The van der Waals surface area contributed by atoms with Crippen molar-refractivity contribution in [1.29, 1.82) is 0 Å². The van der Waals surface area contributed by atoms with Gasteiger partial charge in [-0.25, -0.2) is 4.98 Å².